The Morgan fingerprint density at radius 1 is 1.00 bits per heavy atom. The molecule has 0 fully saturated rings. The van der Waals surface area contributed by atoms with Crippen molar-refractivity contribution in [2.75, 3.05) is 0 Å². The maximum Gasteiger partial charge on any atom is 0.191 e. The molecule has 2 aromatic rings. The zero-order valence-corrected chi connectivity index (χ0v) is 16.1. The van der Waals surface area contributed by atoms with Gasteiger partial charge >= 0.3 is 0 Å². The van der Waals surface area contributed by atoms with Gasteiger partial charge in [-0.15, -0.1) is 0 Å². The SMILES string of the molecule is Cc1nc2c(o1)CCCC2(O)c1ccc2c(c1)C(C)(C)CCC2(C)C. The van der Waals surface area contributed by atoms with E-state index in [4.69, 9.17) is 4.42 Å². The van der Waals surface area contributed by atoms with Crippen molar-refractivity contribution >= 4 is 0 Å². The van der Waals surface area contributed by atoms with Crippen LogP contribution in [0.2, 0.25) is 0 Å². The molecule has 0 aliphatic heterocycles. The fourth-order valence-electron chi connectivity index (χ4n) is 4.71. The highest BCUT2D eigenvalue weighted by Crippen LogP contribution is 2.48. The first-order chi connectivity index (χ1) is 11.6. The number of aryl methyl sites for hydroxylation is 2. The fraction of sp³-hybridized carbons (Fsp3) is 0.591. The average Bonchev–Trinajstić information content (AvgIpc) is 2.94. The number of aliphatic hydroxyl groups is 1. The Kier molecular flexibility index (Phi) is 3.50. The van der Waals surface area contributed by atoms with Gasteiger partial charge < -0.3 is 9.52 Å². The van der Waals surface area contributed by atoms with Gasteiger partial charge in [0.25, 0.3) is 0 Å². The van der Waals surface area contributed by atoms with E-state index in [0.717, 1.165) is 29.9 Å². The minimum absolute atomic E-state index is 0.133. The first kappa shape index (κ1) is 16.8. The summed E-state index contributed by atoms with van der Waals surface area (Å²) in [4.78, 5) is 4.54. The Morgan fingerprint density at radius 2 is 1.68 bits per heavy atom. The molecule has 134 valence electrons. The van der Waals surface area contributed by atoms with Crippen molar-refractivity contribution in [1.82, 2.24) is 4.98 Å². The van der Waals surface area contributed by atoms with Crippen LogP contribution < -0.4 is 0 Å². The molecule has 1 heterocycles. The van der Waals surface area contributed by atoms with E-state index in [1.807, 2.05) is 6.92 Å². The van der Waals surface area contributed by atoms with Gasteiger partial charge in [0.15, 0.2) is 5.89 Å². The Labute approximate surface area is 150 Å². The van der Waals surface area contributed by atoms with E-state index in [0.29, 0.717) is 12.3 Å². The van der Waals surface area contributed by atoms with E-state index in [2.05, 4.69) is 50.9 Å². The predicted octanol–water partition coefficient (Wildman–Crippen LogP) is 4.90. The topological polar surface area (TPSA) is 46.3 Å². The van der Waals surface area contributed by atoms with Gasteiger partial charge in [-0.2, -0.15) is 0 Å². The van der Waals surface area contributed by atoms with Crippen LogP contribution in [0, 0.1) is 6.92 Å². The van der Waals surface area contributed by atoms with Crippen molar-refractivity contribution in [1.29, 1.82) is 0 Å². The molecule has 1 unspecified atom stereocenters. The molecule has 1 aromatic heterocycles. The molecule has 25 heavy (non-hydrogen) atoms. The standard InChI is InChI=1S/C22H29NO2/c1-14-23-19-18(25-14)7-6-10-22(19,24)15-8-9-16-17(13-15)21(4,5)12-11-20(16,2)3/h8-9,13,24H,6-7,10-12H2,1-5H3. The van der Waals surface area contributed by atoms with Gasteiger partial charge in [0.2, 0.25) is 0 Å². The molecular weight excluding hydrogens is 310 g/mol. The normalized spacial score (nSPS) is 26.8. The number of nitrogens with zero attached hydrogens (tertiary/aromatic N) is 1. The number of oxazole rings is 1. The molecule has 0 amide bonds. The summed E-state index contributed by atoms with van der Waals surface area (Å²) in [6.07, 6.45) is 4.85. The summed E-state index contributed by atoms with van der Waals surface area (Å²) in [5.74, 6) is 1.49. The van der Waals surface area contributed by atoms with Crippen LogP contribution in [0.15, 0.2) is 22.6 Å². The number of rotatable bonds is 1. The lowest BCUT2D eigenvalue weighted by Crippen LogP contribution is -2.36. The van der Waals surface area contributed by atoms with Crippen molar-refractivity contribution in [3.05, 3.63) is 52.2 Å². The molecule has 2 aliphatic rings. The summed E-state index contributed by atoms with van der Waals surface area (Å²) in [7, 11) is 0. The maximum atomic E-state index is 11.6. The second-order valence-corrected chi connectivity index (χ2v) is 9.25. The van der Waals surface area contributed by atoms with Crippen molar-refractivity contribution in [2.45, 2.75) is 83.2 Å². The van der Waals surface area contributed by atoms with Crippen molar-refractivity contribution in [2.24, 2.45) is 0 Å². The van der Waals surface area contributed by atoms with Crippen LogP contribution in [0.25, 0.3) is 0 Å². The molecule has 0 spiro atoms. The Hall–Kier alpha value is -1.61. The predicted molar refractivity (Wildman–Crippen MR) is 98.9 cm³/mol. The molecule has 3 nitrogen and oxygen atoms in total. The summed E-state index contributed by atoms with van der Waals surface area (Å²) in [5, 5.41) is 11.6. The summed E-state index contributed by atoms with van der Waals surface area (Å²) >= 11 is 0. The van der Waals surface area contributed by atoms with E-state index in [1.54, 1.807) is 0 Å². The molecule has 4 rings (SSSR count). The summed E-state index contributed by atoms with van der Waals surface area (Å²) in [6, 6.07) is 6.60. The van der Waals surface area contributed by atoms with Crippen molar-refractivity contribution < 1.29 is 9.52 Å². The van der Waals surface area contributed by atoms with Gasteiger partial charge in [-0.3, -0.25) is 0 Å². The monoisotopic (exact) mass is 339 g/mol. The molecule has 0 saturated heterocycles. The molecule has 3 heteroatoms. The van der Waals surface area contributed by atoms with Crippen LogP contribution in [0.3, 0.4) is 0 Å². The number of hydrogen-bond acceptors (Lipinski definition) is 3. The first-order valence-corrected chi connectivity index (χ1v) is 9.48. The molecule has 1 atom stereocenters. The van der Waals surface area contributed by atoms with Gasteiger partial charge in [-0.1, -0.05) is 45.9 Å². The van der Waals surface area contributed by atoms with Crippen LogP contribution in [0.1, 0.15) is 87.4 Å². The number of hydrogen-bond donors (Lipinski definition) is 1. The third kappa shape index (κ3) is 2.47. The zero-order chi connectivity index (χ0) is 18.0. The van der Waals surface area contributed by atoms with Crippen molar-refractivity contribution in [3.63, 3.8) is 0 Å². The fourth-order valence-corrected chi connectivity index (χ4v) is 4.71. The number of benzene rings is 1. The third-order valence-corrected chi connectivity index (χ3v) is 6.47. The highest BCUT2D eigenvalue weighted by atomic mass is 16.4. The van der Waals surface area contributed by atoms with Gasteiger partial charge in [0, 0.05) is 13.3 Å². The van der Waals surface area contributed by atoms with E-state index in [-0.39, 0.29) is 10.8 Å². The lowest BCUT2D eigenvalue weighted by molar-refractivity contribution is 0.0548. The smallest absolute Gasteiger partial charge is 0.191 e. The second kappa shape index (κ2) is 5.20. The molecule has 2 aliphatic carbocycles. The van der Waals surface area contributed by atoms with Crippen LogP contribution in [-0.4, -0.2) is 10.1 Å². The lowest BCUT2D eigenvalue weighted by Gasteiger charge is -2.43. The molecule has 0 radical (unpaired) electrons. The van der Waals surface area contributed by atoms with Crippen LogP contribution in [0.4, 0.5) is 0 Å². The minimum atomic E-state index is -1.03. The molecular formula is C22H29NO2. The average molecular weight is 339 g/mol. The number of aromatic nitrogens is 1. The van der Waals surface area contributed by atoms with Crippen LogP contribution in [-0.2, 0) is 22.9 Å². The first-order valence-electron chi connectivity index (χ1n) is 9.48. The van der Waals surface area contributed by atoms with Gasteiger partial charge in [-0.05, 0) is 53.2 Å². The third-order valence-electron chi connectivity index (χ3n) is 6.47. The maximum absolute atomic E-state index is 11.6. The Bertz CT molecular complexity index is 831. The van der Waals surface area contributed by atoms with E-state index >= 15 is 0 Å². The Morgan fingerprint density at radius 3 is 2.40 bits per heavy atom. The largest absolute Gasteiger partial charge is 0.446 e. The Balaban J connectivity index is 1.88. The molecule has 0 bridgehead atoms. The van der Waals surface area contributed by atoms with E-state index in [9.17, 15) is 5.11 Å². The second-order valence-electron chi connectivity index (χ2n) is 9.25. The summed E-state index contributed by atoms with van der Waals surface area (Å²) in [5.41, 5.74) is 3.78. The van der Waals surface area contributed by atoms with Gasteiger partial charge in [0.1, 0.15) is 17.1 Å². The minimum Gasteiger partial charge on any atom is -0.446 e. The lowest BCUT2D eigenvalue weighted by atomic mass is 9.62. The van der Waals surface area contributed by atoms with Gasteiger partial charge in [-0.25, -0.2) is 4.98 Å². The highest BCUT2D eigenvalue weighted by molar-refractivity contribution is 5.47. The quantitative estimate of drug-likeness (QED) is 0.803. The van der Waals surface area contributed by atoms with Gasteiger partial charge in [0.05, 0.1) is 0 Å². The van der Waals surface area contributed by atoms with Crippen LogP contribution >= 0.6 is 0 Å². The zero-order valence-electron chi connectivity index (χ0n) is 16.1. The molecule has 0 saturated carbocycles. The molecule has 1 aromatic carbocycles. The van der Waals surface area contributed by atoms with Crippen LogP contribution in [0.5, 0.6) is 0 Å². The van der Waals surface area contributed by atoms with Crippen molar-refractivity contribution in [3.8, 4) is 0 Å². The highest BCUT2D eigenvalue weighted by Gasteiger charge is 2.43. The number of fused-ring (bicyclic) bond motifs is 2. The molecule has 1 N–H and O–H groups in total. The summed E-state index contributed by atoms with van der Waals surface area (Å²) < 4.78 is 5.74. The van der Waals surface area contributed by atoms with E-state index < -0.39 is 5.60 Å². The van der Waals surface area contributed by atoms with E-state index in [1.165, 1.54) is 24.0 Å². The summed E-state index contributed by atoms with van der Waals surface area (Å²) in [6.45, 7) is 11.2.